The predicted molar refractivity (Wildman–Crippen MR) is 206 cm³/mol. The van der Waals surface area contributed by atoms with E-state index in [9.17, 15) is 8.78 Å². The Labute approximate surface area is 316 Å². The molecular formula is C43H44F4N8. The van der Waals surface area contributed by atoms with Crippen molar-refractivity contribution in [3.8, 4) is 0 Å². The first-order chi connectivity index (χ1) is 26.9. The summed E-state index contributed by atoms with van der Waals surface area (Å²) in [5, 5.41) is 7.05. The second-order valence-electron chi connectivity index (χ2n) is 15.8. The summed E-state index contributed by atoms with van der Waals surface area (Å²) in [6, 6.07) is 19.7. The smallest absolute Gasteiger partial charge is 0.159 e. The Morgan fingerprint density at radius 2 is 1.09 bits per heavy atom. The van der Waals surface area contributed by atoms with Crippen LogP contribution in [0, 0.1) is 23.3 Å². The van der Waals surface area contributed by atoms with E-state index in [0.717, 1.165) is 103 Å². The van der Waals surface area contributed by atoms with E-state index in [1.165, 1.54) is 18.2 Å². The highest BCUT2D eigenvalue weighted by Gasteiger charge is 2.38. The van der Waals surface area contributed by atoms with Gasteiger partial charge < -0.3 is 30.4 Å². The number of anilines is 2. The number of aromatic amines is 2. The number of nitrogens with one attached hydrogen (secondary N) is 4. The van der Waals surface area contributed by atoms with E-state index in [4.69, 9.17) is 9.97 Å². The second-order valence-corrected chi connectivity index (χ2v) is 15.8. The summed E-state index contributed by atoms with van der Waals surface area (Å²) in [7, 11) is 0. The zero-order valence-corrected chi connectivity index (χ0v) is 30.5. The van der Waals surface area contributed by atoms with Gasteiger partial charge in [0.1, 0.15) is 17.3 Å². The number of fused-ring (bicyclic) bond motifs is 2. The van der Waals surface area contributed by atoms with Crippen LogP contribution in [-0.2, 0) is 0 Å². The van der Waals surface area contributed by atoms with Crippen molar-refractivity contribution >= 4 is 33.4 Å². The molecule has 6 aromatic rings. The van der Waals surface area contributed by atoms with Crippen molar-refractivity contribution in [1.82, 2.24) is 30.6 Å². The standard InChI is InChI=1S/C43H44F4N8/c44-29-8-5-25(19-30(29)45)24-13-17-54(18-14-24)41-31(46)22-28(23-32(41)47)55-39(26-6-9-33-37(20-26)52-42(50-33)35-3-1-15-48-35)11-12-40(55)27-7-10-34-38(21-27)53-43(51-34)36-4-2-16-49-36/h5-10,19-24,35-36,39-40,48-49H,1-4,11-18H2,(H,50,52)(H,51,53)/t35-,36-,39+,40+/m0/s1. The SMILES string of the molecule is Fc1ccc(C2CCN(c3c(F)cc(N4[C@@H](c5ccc6nc([C@@H]7CCCN7)[nH]c6c5)CC[C@@H]4c4ccc5nc([C@@H]6CCCN6)[nH]c5c4)cc3F)CC2)cc1F. The molecule has 4 saturated heterocycles. The summed E-state index contributed by atoms with van der Waals surface area (Å²) < 4.78 is 60.4. The van der Waals surface area contributed by atoms with E-state index >= 15 is 8.78 Å². The summed E-state index contributed by atoms with van der Waals surface area (Å²) in [6.07, 6.45) is 7.07. The molecule has 2 aromatic heterocycles. The van der Waals surface area contributed by atoms with Gasteiger partial charge in [-0.1, -0.05) is 18.2 Å². The number of benzene rings is 4. The van der Waals surface area contributed by atoms with E-state index in [2.05, 4.69) is 61.9 Å². The van der Waals surface area contributed by atoms with E-state index in [1.54, 1.807) is 11.0 Å². The van der Waals surface area contributed by atoms with Crippen LogP contribution in [0.1, 0.15) is 110 Å². The molecule has 4 N–H and O–H groups in total. The highest BCUT2D eigenvalue weighted by Crippen LogP contribution is 2.49. The molecule has 284 valence electrons. The maximum atomic E-state index is 16.4. The molecule has 4 aromatic carbocycles. The van der Waals surface area contributed by atoms with Crippen molar-refractivity contribution in [1.29, 1.82) is 0 Å². The maximum Gasteiger partial charge on any atom is 0.159 e. The first-order valence-electron chi connectivity index (χ1n) is 19.8. The highest BCUT2D eigenvalue weighted by atomic mass is 19.2. The lowest BCUT2D eigenvalue weighted by Gasteiger charge is -2.36. The molecule has 55 heavy (non-hydrogen) atoms. The summed E-state index contributed by atoms with van der Waals surface area (Å²) in [4.78, 5) is 20.8. The molecule has 0 bridgehead atoms. The molecule has 4 aliphatic rings. The van der Waals surface area contributed by atoms with Crippen molar-refractivity contribution in [2.45, 2.75) is 81.5 Å². The molecule has 0 saturated carbocycles. The molecule has 4 aliphatic heterocycles. The van der Waals surface area contributed by atoms with Gasteiger partial charge in [0, 0.05) is 18.8 Å². The van der Waals surface area contributed by atoms with Gasteiger partial charge >= 0.3 is 0 Å². The van der Waals surface area contributed by atoms with Gasteiger partial charge in [0.2, 0.25) is 0 Å². The molecule has 8 nitrogen and oxygen atoms in total. The molecule has 4 fully saturated rings. The third-order valence-corrected chi connectivity index (χ3v) is 12.5. The molecule has 0 unspecified atom stereocenters. The van der Waals surface area contributed by atoms with Gasteiger partial charge in [-0.3, -0.25) is 0 Å². The van der Waals surface area contributed by atoms with Crippen LogP contribution in [0.4, 0.5) is 28.9 Å². The zero-order chi connectivity index (χ0) is 37.2. The molecule has 0 radical (unpaired) electrons. The minimum Gasteiger partial charge on any atom is -0.367 e. The number of nitrogens with zero attached hydrogens (tertiary/aromatic N) is 4. The third kappa shape index (κ3) is 6.33. The van der Waals surface area contributed by atoms with Crippen molar-refractivity contribution in [2.75, 3.05) is 36.0 Å². The summed E-state index contributed by atoms with van der Waals surface area (Å²) in [5.74, 6) is -1.11. The van der Waals surface area contributed by atoms with Crippen molar-refractivity contribution in [3.05, 3.63) is 118 Å². The van der Waals surface area contributed by atoms with Gasteiger partial charge in [-0.15, -0.1) is 0 Å². The molecule has 12 heteroatoms. The second kappa shape index (κ2) is 14.0. The van der Waals surface area contributed by atoms with Crippen LogP contribution in [0.15, 0.2) is 66.7 Å². The minimum absolute atomic E-state index is 0.0155. The Balaban J connectivity index is 0.982. The lowest BCUT2D eigenvalue weighted by atomic mass is 9.89. The van der Waals surface area contributed by atoms with Crippen LogP contribution in [0.3, 0.4) is 0 Å². The quantitative estimate of drug-likeness (QED) is 0.122. The Morgan fingerprint density at radius 1 is 0.545 bits per heavy atom. The van der Waals surface area contributed by atoms with Gasteiger partial charge in [0.05, 0.1) is 46.2 Å². The number of H-pyrrole nitrogens is 2. The average Bonchev–Trinajstić information content (AvgIpc) is 4.04. The molecule has 10 rings (SSSR count). The zero-order valence-electron chi connectivity index (χ0n) is 30.5. The number of piperidine rings is 1. The number of hydrogen-bond acceptors (Lipinski definition) is 6. The van der Waals surface area contributed by atoms with Gasteiger partial charge in [-0.05, 0) is 136 Å². The molecule has 6 heterocycles. The molecule has 0 spiro atoms. The molecular weight excluding hydrogens is 705 g/mol. The van der Waals surface area contributed by atoms with Crippen LogP contribution in [0.25, 0.3) is 22.1 Å². The van der Waals surface area contributed by atoms with Crippen molar-refractivity contribution in [3.63, 3.8) is 0 Å². The van der Waals surface area contributed by atoms with Gasteiger partial charge in [-0.2, -0.15) is 0 Å². The summed E-state index contributed by atoms with van der Waals surface area (Å²) in [5.41, 5.74) is 6.99. The van der Waals surface area contributed by atoms with Crippen LogP contribution < -0.4 is 20.4 Å². The Morgan fingerprint density at radius 3 is 1.60 bits per heavy atom. The number of rotatable bonds is 7. The first-order valence-corrected chi connectivity index (χ1v) is 19.8. The highest BCUT2D eigenvalue weighted by molar-refractivity contribution is 5.78. The lowest BCUT2D eigenvalue weighted by Crippen LogP contribution is -2.34. The van der Waals surface area contributed by atoms with Crippen molar-refractivity contribution < 1.29 is 17.6 Å². The monoisotopic (exact) mass is 748 g/mol. The van der Waals surface area contributed by atoms with E-state index in [1.807, 2.05) is 0 Å². The fourth-order valence-electron chi connectivity index (χ4n) is 9.71. The number of imidazole rings is 2. The fourth-order valence-corrected chi connectivity index (χ4v) is 9.71. The third-order valence-electron chi connectivity index (χ3n) is 12.5. The van der Waals surface area contributed by atoms with E-state index in [0.29, 0.717) is 37.2 Å². The van der Waals surface area contributed by atoms with Crippen LogP contribution in [0.5, 0.6) is 0 Å². The topological polar surface area (TPSA) is 87.9 Å². The average molecular weight is 749 g/mol. The predicted octanol–water partition coefficient (Wildman–Crippen LogP) is 9.31. The minimum atomic E-state index is -0.881. The number of aromatic nitrogens is 4. The Bertz CT molecular complexity index is 2240. The van der Waals surface area contributed by atoms with Crippen LogP contribution >= 0.6 is 0 Å². The van der Waals surface area contributed by atoms with E-state index < -0.39 is 23.3 Å². The molecule has 0 amide bonds. The summed E-state index contributed by atoms with van der Waals surface area (Å²) >= 11 is 0. The van der Waals surface area contributed by atoms with E-state index in [-0.39, 0.29) is 35.8 Å². The fraction of sp³-hybridized carbons (Fsp3) is 0.395. The molecule has 4 atom stereocenters. The normalized spacial score (nSPS) is 23.6. The first kappa shape index (κ1) is 34.5. The van der Waals surface area contributed by atoms with Gasteiger partial charge in [0.25, 0.3) is 0 Å². The number of halogens is 4. The Hall–Kier alpha value is -4.94. The lowest BCUT2D eigenvalue weighted by molar-refractivity contribution is 0.475. The number of hydrogen-bond donors (Lipinski definition) is 4. The van der Waals surface area contributed by atoms with Crippen molar-refractivity contribution in [2.24, 2.45) is 0 Å². The maximum absolute atomic E-state index is 16.4. The van der Waals surface area contributed by atoms with Gasteiger partial charge in [0.15, 0.2) is 23.3 Å². The van der Waals surface area contributed by atoms with Crippen LogP contribution in [0.2, 0.25) is 0 Å². The molecule has 0 aliphatic carbocycles. The Kier molecular flexibility index (Phi) is 8.77. The van der Waals surface area contributed by atoms with Crippen LogP contribution in [-0.4, -0.2) is 46.1 Å². The summed E-state index contributed by atoms with van der Waals surface area (Å²) in [6.45, 7) is 2.76. The van der Waals surface area contributed by atoms with Gasteiger partial charge in [-0.25, -0.2) is 27.5 Å². The largest absolute Gasteiger partial charge is 0.367 e.